The summed E-state index contributed by atoms with van der Waals surface area (Å²) in [5, 5.41) is 3.79. The molecule has 0 aliphatic carbocycles. The minimum atomic E-state index is -0.233. The van der Waals surface area contributed by atoms with E-state index in [9.17, 15) is 9.59 Å². The van der Waals surface area contributed by atoms with Gasteiger partial charge in [0.25, 0.3) is 0 Å². The zero-order valence-corrected chi connectivity index (χ0v) is 16.4. The van der Waals surface area contributed by atoms with Gasteiger partial charge in [-0.1, -0.05) is 6.07 Å². The van der Waals surface area contributed by atoms with Crippen LogP contribution in [0, 0.1) is 6.92 Å². The molecule has 1 N–H and O–H groups in total. The van der Waals surface area contributed by atoms with Crippen molar-refractivity contribution in [1.82, 2.24) is 9.88 Å². The van der Waals surface area contributed by atoms with Gasteiger partial charge in [0, 0.05) is 29.9 Å². The molecule has 7 heteroatoms. The summed E-state index contributed by atoms with van der Waals surface area (Å²) in [6.07, 6.45) is 0. The third kappa shape index (κ3) is 3.85. The van der Waals surface area contributed by atoms with Gasteiger partial charge in [0.05, 0.1) is 18.3 Å². The molecule has 1 aliphatic rings. The molecule has 1 saturated heterocycles. The Morgan fingerprint density at radius 1 is 1.10 bits per heavy atom. The van der Waals surface area contributed by atoms with Crippen LogP contribution in [-0.2, 0) is 4.79 Å². The number of nitrogens with one attached hydrogen (secondary N) is 1. The number of hydrogen-bond donors (Lipinski definition) is 1. The molecule has 1 aliphatic heterocycles. The van der Waals surface area contributed by atoms with Crippen molar-refractivity contribution < 1.29 is 14.3 Å². The molecule has 0 atom stereocenters. The smallest absolute Gasteiger partial charge is 0.325 e. The molecule has 0 saturated carbocycles. The van der Waals surface area contributed by atoms with E-state index in [-0.39, 0.29) is 18.5 Å². The SMILES string of the molecule is COc1ccc(N2CCN(CC(=O)Nc3cccc4nc(C)ccc34)C2=O)cc1. The second kappa shape index (κ2) is 7.79. The summed E-state index contributed by atoms with van der Waals surface area (Å²) in [6.45, 7) is 2.96. The molecule has 4 rings (SSSR count). The molecule has 1 fully saturated rings. The molecule has 0 unspecified atom stereocenters. The van der Waals surface area contributed by atoms with Crippen molar-refractivity contribution in [1.29, 1.82) is 0 Å². The Bertz CT molecular complexity index is 1070. The summed E-state index contributed by atoms with van der Waals surface area (Å²) in [6, 6.07) is 16.6. The first kappa shape index (κ1) is 18.7. The lowest BCUT2D eigenvalue weighted by Crippen LogP contribution is -2.37. The number of hydrogen-bond acceptors (Lipinski definition) is 4. The topological polar surface area (TPSA) is 74.8 Å². The van der Waals surface area contributed by atoms with Gasteiger partial charge in [-0.15, -0.1) is 0 Å². The number of rotatable bonds is 5. The third-order valence-corrected chi connectivity index (χ3v) is 4.96. The molecular formula is C22H22N4O3. The van der Waals surface area contributed by atoms with E-state index in [4.69, 9.17) is 4.74 Å². The van der Waals surface area contributed by atoms with Crippen LogP contribution >= 0.6 is 0 Å². The minimum absolute atomic E-state index is 0.00116. The van der Waals surface area contributed by atoms with Crippen molar-refractivity contribution in [2.75, 3.05) is 37.0 Å². The van der Waals surface area contributed by atoms with Crippen LogP contribution in [0.25, 0.3) is 10.9 Å². The number of urea groups is 1. The Hall–Kier alpha value is -3.61. The van der Waals surface area contributed by atoms with Crippen molar-refractivity contribution in [3.8, 4) is 5.75 Å². The maximum atomic E-state index is 12.7. The largest absolute Gasteiger partial charge is 0.497 e. The highest BCUT2D eigenvalue weighted by atomic mass is 16.5. The van der Waals surface area contributed by atoms with E-state index in [2.05, 4.69) is 10.3 Å². The lowest BCUT2D eigenvalue weighted by atomic mass is 10.1. The summed E-state index contributed by atoms with van der Waals surface area (Å²) >= 11 is 0. The van der Waals surface area contributed by atoms with Crippen molar-refractivity contribution in [3.05, 3.63) is 60.3 Å². The first-order chi connectivity index (χ1) is 14.0. The van der Waals surface area contributed by atoms with Crippen LogP contribution in [0.2, 0.25) is 0 Å². The molecular weight excluding hydrogens is 368 g/mol. The number of amides is 3. The van der Waals surface area contributed by atoms with Crippen molar-refractivity contribution in [3.63, 3.8) is 0 Å². The van der Waals surface area contributed by atoms with Crippen LogP contribution in [-0.4, -0.2) is 48.6 Å². The van der Waals surface area contributed by atoms with Gasteiger partial charge in [-0.05, 0) is 55.5 Å². The van der Waals surface area contributed by atoms with Gasteiger partial charge >= 0.3 is 6.03 Å². The molecule has 2 aromatic carbocycles. The summed E-state index contributed by atoms with van der Waals surface area (Å²) in [7, 11) is 1.60. The fraction of sp³-hybridized carbons (Fsp3) is 0.227. The fourth-order valence-electron chi connectivity index (χ4n) is 3.46. The van der Waals surface area contributed by atoms with E-state index in [0.717, 1.165) is 28.0 Å². The minimum Gasteiger partial charge on any atom is -0.497 e. The standard InChI is InChI=1S/C22H22N4O3/c1-15-6-11-18-19(23-15)4-3-5-20(18)24-21(27)14-25-12-13-26(22(25)28)16-7-9-17(29-2)10-8-16/h3-11H,12-14H2,1-2H3,(H,24,27). The summed E-state index contributed by atoms with van der Waals surface area (Å²) in [5.41, 5.74) is 3.22. The number of methoxy groups -OCH3 is 1. The number of aryl methyl sites for hydroxylation is 1. The summed E-state index contributed by atoms with van der Waals surface area (Å²) in [4.78, 5) is 33.0. The van der Waals surface area contributed by atoms with Crippen molar-refractivity contribution >= 4 is 34.2 Å². The second-order valence-corrected chi connectivity index (χ2v) is 6.93. The number of nitrogens with zero attached hydrogens (tertiary/aromatic N) is 3. The van der Waals surface area contributed by atoms with Gasteiger partial charge in [-0.25, -0.2) is 4.79 Å². The Morgan fingerprint density at radius 3 is 2.66 bits per heavy atom. The molecule has 148 valence electrons. The number of pyridine rings is 1. The first-order valence-electron chi connectivity index (χ1n) is 9.42. The van der Waals surface area contributed by atoms with E-state index in [1.54, 1.807) is 16.9 Å². The normalized spacial score (nSPS) is 13.8. The molecule has 1 aromatic heterocycles. The van der Waals surface area contributed by atoms with Gasteiger partial charge in [0.2, 0.25) is 5.91 Å². The highest BCUT2D eigenvalue weighted by Crippen LogP contribution is 2.24. The van der Waals surface area contributed by atoms with Crippen LogP contribution in [0.1, 0.15) is 5.69 Å². The highest BCUT2D eigenvalue weighted by Gasteiger charge is 2.30. The Morgan fingerprint density at radius 2 is 1.90 bits per heavy atom. The van der Waals surface area contributed by atoms with Gasteiger partial charge in [0.1, 0.15) is 12.3 Å². The number of ether oxygens (including phenoxy) is 1. The molecule has 0 bridgehead atoms. The van der Waals surface area contributed by atoms with Gasteiger partial charge in [-0.3, -0.25) is 14.7 Å². The lowest BCUT2D eigenvalue weighted by Gasteiger charge is -2.19. The van der Waals surface area contributed by atoms with E-state index >= 15 is 0 Å². The van der Waals surface area contributed by atoms with E-state index in [1.807, 2.05) is 61.5 Å². The van der Waals surface area contributed by atoms with Crippen molar-refractivity contribution in [2.24, 2.45) is 0 Å². The quantitative estimate of drug-likeness (QED) is 0.724. The lowest BCUT2D eigenvalue weighted by molar-refractivity contribution is -0.116. The zero-order chi connectivity index (χ0) is 20.4. The Labute approximate surface area is 168 Å². The van der Waals surface area contributed by atoms with Gasteiger partial charge in [-0.2, -0.15) is 0 Å². The number of fused-ring (bicyclic) bond motifs is 1. The Kier molecular flexibility index (Phi) is 5.03. The fourth-order valence-corrected chi connectivity index (χ4v) is 3.46. The average molecular weight is 390 g/mol. The predicted molar refractivity (Wildman–Crippen MR) is 112 cm³/mol. The molecule has 3 aromatic rings. The van der Waals surface area contributed by atoms with E-state index in [1.165, 1.54) is 0 Å². The van der Waals surface area contributed by atoms with Crippen LogP contribution in [0.5, 0.6) is 5.75 Å². The maximum absolute atomic E-state index is 12.7. The molecule has 3 amide bonds. The number of carbonyl (C=O) groups is 2. The van der Waals surface area contributed by atoms with Crippen LogP contribution in [0.15, 0.2) is 54.6 Å². The third-order valence-electron chi connectivity index (χ3n) is 4.96. The second-order valence-electron chi connectivity index (χ2n) is 6.93. The first-order valence-corrected chi connectivity index (χ1v) is 9.42. The molecule has 2 heterocycles. The van der Waals surface area contributed by atoms with E-state index < -0.39 is 0 Å². The van der Waals surface area contributed by atoms with Gasteiger partial charge < -0.3 is 15.0 Å². The van der Waals surface area contributed by atoms with Gasteiger partial charge in [0.15, 0.2) is 0 Å². The number of carbonyl (C=O) groups excluding carboxylic acids is 2. The summed E-state index contributed by atoms with van der Waals surface area (Å²) in [5.74, 6) is 0.499. The highest BCUT2D eigenvalue weighted by molar-refractivity contribution is 6.03. The number of aromatic nitrogens is 1. The number of benzene rings is 2. The van der Waals surface area contributed by atoms with Crippen molar-refractivity contribution in [2.45, 2.75) is 6.92 Å². The van der Waals surface area contributed by atoms with E-state index in [0.29, 0.717) is 18.8 Å². The monoisotopic (exact) mass is 390 g/mol. The Balaban J connectivity index is 1.43. The maximum Gasteiger partial charge on any atom is 0.325 e. The predicted octanol–water partition coefficient (Wildman–Crippen LogP) is 3.43. The molecule has 29 heavy (non-hydrogen) atoms. The number of anilines is 2. The average Bonchev–Trinajstić information content (AvgIpc) is 3.08. The van der Waals surface area contributed by atoms with Crippen LogP contribution in [0.3, 0.4) is 0 Å². The molecule has 0 spiro atoms. The molecule has 7 nitrogen and oxygen atoms in total. The van der Waals surface area contributed by atoms with Crippen LogP contribution in [0.4, 0.5) is 16.2 Å². The molecule has 0 radical (unpaired) electrons. The van der Waals surface area contributed by atoms with Crippen LogP contribution < -0.4 is 15.0 Å². The summed E-state index contributed by atoms with van der Waals surface area (Å²) < 4.78 is 5.15. The zero-order valence-electron chi connectivity index (χ0n) is 16.4.